The van der Waals surface area contributed by atoms with Gasteiger partial charge in [-0.1, -0.05) is 0 Å². The van der Waals surface area contributed by atoms with E-state index in [1.54, 1.807) is 0 Å². The Bertz CT molecular complexity index is 711. The highest BCUT2D eigenvalue weighted by molar-refractivity contribution is 5.93. The van der Waals surface area contributed by atoms with Crippen LogP contribution in [-0.2, 0) is 24.0 Å². The number of aliphatic carboxylic acids is 1. The molecule has 3 amide bonds. The first kappa shape index (κ1) is 30.7. The molecule has 0 fully saturated rings. The van der Waals surface area contributed by atoms with Gasteiger partial charge >= 0.3 is 5.97 Å². The van der Waals surface area contributed by atoms with Crippen molar-refractivity contribution in [3.05, 3.63) is 0 Å². The van der Waals surface area contributed by atoms with Gasteiger partial charge in [0.15, 0.2) is 5.96 Å². The minimum absolute atomic E-state index is 0.0970. The molecule has 34 heavy (non-hydrogen) atoms. The third kappa shape index (κ3) is 14.0. The van der Waals surface area contributed by atoms with Crippen molar-refractivity contribution in [2.24, 2.45) is 27.9 Å². The maximum absolute atomic E-state index is 12.9. The highest BCUT2D eigenvalue weighted by Gasteiger charge is 2.28. The maximum atomic E-state index is 12.9. The second-order valence-electron chi connectivity index (χ2n) is 7.83. The summed E-state index contributed by atoms with van der Waals surface area (Å²) in [6.07, 6.45) is 1.93. The fraction of sp³-hybridized carbons (Fsp3) is 0.700. The molecule has 4 atom stereocenters. The molecular weight excluding hydrogens is 448 g/mol. The molecule has 0 spiro atoms. The molecular formula is C20H38N8O6. The number of carboxylic acids is 1. The number of carbonyl (C=O) groups excluding carboxylic acids is 4. The number of nitrogens with zero attached hydrogens (tertiary/aromatic N) is 1. The lowest BCUT2D eigenvalue weighted by Crippen LogP contribution is -2.56. The molecule has 194 valence electrons. The van der Waals surface area contributed by atoms with Gasteiger partial charge in [-0.2, -0.15) is 0 Å². The lowest BCUT2D eigenvalue weighted by atomic mass is 10.1. The van der Waals surface area contributed by atoms with E-state index in [2.05, 4.69) is 20.9 Å². The van der Waals surface area contributed by atoms with Crippen molar-refractivity contribution in [2.75, 3.05) is 13.1 Å². The zero-order valence-corrected chi connectivity index (χ0v) is 19.5. The third-order valence-electron chi connectivity index (χ3n) is 4.73. The van der Waals surface area contributed by atoms with Gasteiger partial charge in [-0.05, 0) is 52.0 Å². The summed E-state index contributed by atoms with van der Waals surface area (Å²) in [7, 11) is 0. The van der Waals surface area contributed by atoms with E-state index in [1.807, 2.05) is 0 Å². The summed E-state index contributed by atoms with van der Waals surface area (Å²) in [6, 6.07) is -3.98. The summed E-state index contributed by atoms with van der Waals surface area (Å²) in [5.74, 6) is -3.22. The largest absolute Gasteiger partial charge is 0.481 e. The number of hydrogen-bond donors (Lipinski definition) is 8. The summed E-state index contributed by atoms with van der Waals surface area (Å²) < 4.78 is 0. The van der Waals surface area contributed by atoms with Crippen molar-refractivity contribution in [2.45, 2.75) is 76.0 Å². The van der Waals surface area contributed by atoms with Crippen LogP contribution in [0.5, 0.6) is 0 Å². The van der Waals surface area contributed by atoms with Crippen LogP contribution in [0.3, 0.4) is 0 Å². The molecule has 0 aliphatic heterocycles. The standard InChI is InChI=1S/C20H38N8O6/c1-12(22)17(32)27-14(6-2-3-9-21)19(34)28-15(7-8-16(30)31)18(33)26-13(11-29)5-4-10-25-20(23)24/h11-15H,2-10,21-22H2,1H3,(H,26,33)(H,27,32)(H,28,34)(H,30,31)(H4,23,24,25)/t12-,13-,14-,15-/m0/s1. The Kier molecular flexibility index (Phi) is 15.6. The highest BCUT2D eigenvalue weighted by atomic mass is 16.4. The van der Waals surface area contributed by atoms with Gasteiger partial charge < -0.3 is 48.8 Å². The molecule has 12 N–H and O–H groups in total. The normalized spacial score (nSPS) is 14.1. The summed E-state index contributed by atoms with van der Waals surface area (Å²) in [6.45, 7) is 2.11. The minimum atomic E-state index is -1.24. The number of aliphatic imine (C=N–C) groups is 1. The second kappa shape index (κ2) is 17.2. The maximum Gasteiger partial charge on any atom is 0.303 e. The quantitative estimate of drug-likeness (QED) is 0.0422. The van der Waals surface area contributed by atoms with Gasteiger partial charge in [0.05, 0.1) is 12.1 Å². The van der Waals surface area contributed by atoms with Crippen LogP contribution in [0, 0.1) is 0 Å². The van der Waals surface area contributed by atoms with E-state index in [0.717, 1.165) is 0 Å². The monoisotopic (exact) mass is 486 g/mol. The van der Waals surface area contributed by atoms with Crippen LogP contribution in [-0.4, -0.2) is 78.3 Å². The Morgan fingerprint density at radius 3 is 2.03 bits per heavy atom. The van der Waals surface area contributed by atoms with E-state index in [1.165, 1.54) is 6.92 Å². The van der Waals surface area contributed by atoms with Crippen LogP contribution in [0.25, 0.3) is 0 Å². The molecule has 0 aromatic heterocycles. The van der Waals surface area contributed by atoms with Crippen LogP contribution in [0.2, 0.25) is 0 Å². The zero-order chi connectivity index (χ0) is 26.1. The molecule has 14 heteroatoms. The average Bonchev–Trinajstić information content (AvgIpc) is 2.77. The Morgan fingerprint density at radius 2 is 1.50 bits per heavy atom. The Balaban J connectivity index is 5.31. The van der Waals surface area contributed by atoms with Crippen molar-refractivity contribution in [1.29, 1.82) is 0 Å². The second-order valence-corrected chi connectivity index (χ2v) is 7.83. The number of guanidine groups is 1. The van der Waals surface area contributed by atoms with Gasteiger partial charge in [0.2, 0.25) is 17.7 Å². The lowest BCUT2D eigenvalue weighted by Gasteiger charge is -2.24. The number of hydrogen-bond acceptors (Lipinski definition) is 8. The lowest BCUT2D eigenvalue weighted by molar-refractivity contribution is -0.138. The van der Waals surface area contributed by atoms with Crippen molar-refractivity contribution in [1.82, 2.24) is 16.0 Å². The molecule has 0 aromatic rings. The van der Waals surface area contributed by atoms with E-state index in [4.69, 9.17) is 28.0 Å². The van der Waals surface area contributed by atoms with Crippen LogP contribution in [0.1, 0.15) is 51.9 Å². The molecule has 0 saturated carbocycles. The number of aldehydes is 1. The Labute approximate surface area is 198 Å². The third-order valence-corrected chi connectivity index (χ3v) is 4.73. The fourth-order valence-electron chi connectivity index (χ4n) is 2.85. The number of unbranched alkanes of at least 4 members (excludes halogenated alkanes) is 1. The van der Waals surface area contributed by atoms with Gasteiger partial charge in [-0.15, -0.1) is 0 Å². The van der Waals surface area contributed by atoms with E-state index in [0.29, 0.717) is 32.1 Å². The van der Waals surface area contributed by atoms with E-state index in [-0.39, 0.29) is 31.8 Å². The van der Waals surface area contributed by atoms with Crippen molar-refractivity contribution < 1.29 is 29.1 Å². The number of rotatable bonds is 18. The number of nitrogens with one attached hydrogen (secondary N) is 3. The van der Waals surface area contributed by atoms with Gasteiger partial charge in [0, 0.05) is 13.0 Å². The SMILES string of the molecule is C[C@H](N)C(=O)N[C@@H](CCCCN)C(=O)N[C@@H](CCC(=O)O)C(=O)N[C@H](C=O)CCCN=C(N)N. The number of carboxylic acid groups (broad SMARTS) is 1. The van der Waals surface area contributed by atoms with Gasteiger partial charge in [0.1, 0.15) is 18.4 Å². The number of nitrogens with two attached hydrogens (primary N) is 4. The minimum Gasteiger partial charge on any atom is -0.481 e. The number of amides is 3. The smallest absolute Gasteiger partial charge is 0.303 e. The Hall–Kier alpha value is -3.26. The predicted molar refractivity (Wildman–Crippen MR) is 125 cm³/mol. The summed E-state index contributed by atoms with van der Waals surface area (Å²) in [4.78, 5) is 63.8. The molecule has 0 rings (SSSR count). The van der Waals surface area contributed by atoms with Crippen molar-refractivity contribution >= 4 is 35.9 Å². The average molecular weight is 487 g/mol. The Morgan fingerprint density at radius 1 is 0.912 bits per heavy atom. The first-order chi connectivity index (χ1) is 16.0. The van der Waals surface area contributed by atoms with Crippen LogP contribution < -0.4 is 38.9 Å². The van der Waals surface area contributed by atoms with Crippen LogP contribution in [0.15, 0.2) is 4.99 Å². The van der Waals surface area contributed by atoms with Crippen LogP contribution >= 0.6 is 0 Å². The molecule has 0 bridgehead atoms. The first-order valence-corrected chi connectivity index (χ1v) is 11.1. The van der Waals surface area contributed by atoms with Crippen molar-refractivity contribution in [3.63, 3.8) is 0 Å². The van der Waals surface area contributed by atoms with Gasteiger partial charge in [-0.25, -0.2) is 0 Å². The molecule has 0 saturated heterocycles. The molecule has 0 radical (unpaired) electrons. The molecule has 14 nitrogen and oxygen atoms in total. The highest BCUT2D eigenvalue weighted by Crippen LogP contribution is 2.06. The van der Waals surface area contributed by atoms with E-state index in [9.17, 15) is 24.0 Å². The topological polar surface area (TPSA) is 258 Å². The van der Waals surface area contributed by atoms with Crippen LogP contribution in [0.4, 0.5) is 0 Å². The summed E-state index contributed by atoms with van der Waals surface area (Å²) in [5.41, 5.74) is 21.5. The summed E-state index contributed by atoms with van der Waals surface area (Å²) >= 11 is 0. The van der Waals surface area contributed by atoms with Gasteiger partial charge in [-0.3, -0.25) is 24.2 Å². The number of carbonyl (C=O) groups is 5. The molecule has 0 aromatic carbocycles. The van der Waals surface area contributed by atoms with Crippen molar-refractivity contribution in [3.8, 4) is 0 Å². The molecule has 0 heterocycles. The summed E-state index contributed by atoms with van der Waals surface area (Å²) in [5, 5.41) is 16.5. The van der Waals surface area contributed by atoms with E-state index >= 15 is 0 Å². The molecule has 0 unspecified atom stereocenters. The van der Waals surface area contributed by atoms with Gasteiger partial charge in [0.25, 0.3) is 0 Å². The fourth-order valence-corrected chi connectivity index (χ4v) is 2.85. The molecule has 0 aliphatic carbocycles. The first-order valence-electron chi connectivity index (χ1n) is 11.1. The van der Waals surface area contributed by atoms with E-state index < -0.39 is 54.3 Å². The predicted octanol–water partition coefficient (Wildman–Crippen LogP) is -2.97. The zero-order valence-electron chi connectivity index (χ0n) is 19.5. The molecule has 0 aliphatic rings.